The van der Waals surface area contributed by atoms with Gasteiger partial charge in [0.2, 0.25) is 0 Å². The summed E-state index contributed by atoms with van der Waals surface area (Å²) in [6, 6.07) is 7.35. The third-order valence-electron chi connectivity index (χ3n) is 3.15. The van der Waals surface area contributed by atoms with Crippen LogP contribution in [0.4, 0.5) is 5.82 Å². The van der Waals surface area contributed by atoms with E-state index >= 15 is 0 Å². The van der Waals surface area contributed by atoms with Gasteiger partial charge in [0.1, 0.15) is 18.5 Å². The van der Waals surface area contributed by atoms with Crippen LogP contribution in [0.3, 0.4) is 0 Å². The quantitative estimate of drug-likeness (QED) is 0.930. The zero-order valence-electron chi connectivity index (χ0n) is 11.1. The van der Waals surface area contributed by atoms with E-state index in [1.807, 2.05) is 30.5 Å². The molecular formula is C13H9ClN8. The van der Waals surface area contributed by atoms with Crippen LogP contribution in [0, 0.1) is 0 Å². The van der Waals surface area contributed by atoms with Crippen LogP contribution in [0.1, 0.15) is 0 Å². The van der Waals surface area contributed by atoms with Crippen LogP contribution in [0.15, 0.2) is 56.6 Å². The highest BCUT2D eigenvalue weighted by Gasteiger charge is 2.42. The molecule has 2 aromatic heterocycles. The minimum Gasteiger partial charge on any atom is -0.322 e. The average Bonchev–Trinajstić information content (AvgIpc) is 3.17. The number of aliphatic imine (C=N–C) groups is 4. The number of pyridine rings is 1. The zero-order chi connectivity index (χ0) is 15.0. The van der Waals surface area contributed by atoms with Crippen molar-refractivity contribution in [1.82, 2.24) is 14.8 Å². The lowest BCUT2D eigenvalue weighted by atomic mass is 10.2. The normalized spacial score (nSPS) is 22.2. The van der Waals surface area contributed by atoms with Crippen LogP contribution < -0.4 is 5.32 Å². The van der Waals surface area contributed by atoms with Gasteiger partial charge in [0.05, 0.1) is 0 Å². The summed E-state index contributed by atoms with van der Waals surface area (Å²) < 4.78 is 1.66. The van der Waals surface area contributed by atoms with Crippen LogP contribution in [-0.2, 0) is 0 Å². The molecule has 4 heterocycles. The largest absolute Gasteiger partial charge is 0.322 e. The number of nitrogens with one attached hydrogen (secondary N) is 1. The second-order valence-electron chi connectivity index (χ2n) is 4.52. The van der Waals surface area contributed by atoms with Gasteiger partial charge in [-0.3, -0.25) is 0 Å². The Labute approximate surface area is 130 Å². The Kier molecular flexibility index (Phi) is 2.83. The highest BCUT2D eigenvalue weighted by Crippen LogP contribution is 2.26. The maximum Gasteiger partial charge on any atom is 0.277 e. The van der Waals surface area contributed by atoms with Gasteiger partial charge in [-0.1, -0.05) is 17.7 Å². The summed E-state index contributed by atoms with van der Waals surface area (Å²) in [6.45, 7) is 0. The van der Waals surface area contributed by atoms with E-state index in [9.17, 15) is 0 Å². The fourth-order valence-electron chi connectivity index (χ4n) is 2.16. The van der Waals surface area contributed by atoms with Gasteiger partial charge in [0.15, 0.2) is 16.7 Å². The SMILES string of the molecule is ClC1=NC=NC2(Nc3cccc(-n4cccn4)n3)N=CN=C12. The first-order valence-corrected chi connectivity index (χ1v) is 6.79. The molecule has 22 heavy (non-hydrogen) atoms. The molecule has 0 bridgehead atoms. The van der Waals surface area contributed by atoms with Crippen molar-refractivity contribution in [3.05, 3.63) is 36.7 Å². The van der Waals surface area contributed by atoms with Gasteiger partial charge >= 0.3 is 0 Å². The van der Waals surface area contributed by atoms with E-state index in [0.29, 0.717) is 17.3 Å². The molecule has 0 aromatic carbocycles. The first kappa shape index (κ1) is 12.8. The second-order valence-corrected chi connectivity index (χ2v) is 4.87. The van der Waals surface area contributed by atoms with E-state index in [1.54, 1.807) is 10.9 Å². The van der Waals surface area contributed by atoms with E-state index in [1.165, 1.54) is 12.7 Å². The first-order valence-electron chi connectivity index (χ1n) is 6.41. The maximum atomic E-state index is 6.06. The van der Waals surface area contributed by atoms with Crippen LogP contribution in [0.25, 0.3) is 5.82 Å². The van der Waals surface area contributed by atoms with Crippen molar-refractivity contribution >= 4 is 41.0 Å². The van der Waals surface area contributed by atoms with Gasteiger partial charge in [-0.05, 0) is 18.2 Å². The van der Waals surface area contributed by atoms with E-state index in [4.69, 9.17) is 11.6 Å². The molecule has 1 atom stereocenters. The van der Waals surface area contributed by atoms with Crippen molar-refractivity contribution in [2.24, 2.45) is 20.0 Å². The molecule has 0 fully saturated rings. The number of rotatable bonds is 3. The predicted molar refractivity (Wildman–Crippen MR) is 85.4 cm³/mol. The first-order chi connectivity index (χ1) is 10.8. The molecule has 0 aliphatic carbocycles. The lowest BCUT2D eigenvalue weighted by Gasteiger charge is -2.26. The minimum absolute atomic E-state index is 0.253. The van der Waals surface area contributed by atoms with E-state index in [-0.39, 0.29) is 5.17 Å². The Balaban J connectivity index is 1.69. The van der Waals surface area contributed by atoms with Crippen molar-refractivity contribution in [3.8, 4) is 5.82 Å². The van der Waals surface area contributed by atoms with Crippen LogP contribution in [0.5, 0.6) is 0 Å². The van der Waals surface area contributed by atoms with Gasteiger partial charge in [0, 0.05) is 12.4 Å². The standard InChI is InChI=1S/C13H9ClN8/c14-12-11-13(17-7-15-11,18-8-16-12)21-9-3-1-4-10(20-9)22-6-2-5-19-22/h1-8H,(H,20,21). The Morgan fingerprint density at radius 3 is 2.77 bits per heavy atom. The lowest BCUT2D eigenvalue weighted by molar-refractivity contribution is 0.699. The summed E-state index contributed by atoms with van der Waals surface area (Å²) in [5.74, 6) is 0.142. The van der Waals surface area contributed by atoms with E-state index in [0.717, 1.165) is 0 Å². The van der Waals surface area contributed by atoms with E-state index in [2.05, 4.69) is 35.4 Å². The third kappa shape index (κ3) is 2.01. The summed E-state index contributed by atoms with van der Waals surface area (Å²) in [5, 5.41) is 7.55. The topological polar surface area (TPSA) is 92.2 Å². The average molecular weight is 313 g/mol. The van der Waals surface area contributed by atoms with Crippen LogP contribution in [-0.4, -0.2) is 44.1 Å². The highest BCUT2D eigenvalue weighted by atomic mass is 35.5. The summed E-state index contributed by atoms with van der Waals surface area (Å²) in [5.41, 5.74) is 0.447. The van der Waals surface area contributed by atoms with Gasteiger partial charge in [0.25, 0.3) is 5.79 Å². The van der Waals surface area contributed by atoms with Crippen LogP contribution in [0.2, 0.25) is 0 Å². The molecule has 4 rings (SSSR count). The fraction of sp³-hybridized carbons (Fsp3) is 0.0769. The minimum atomic E-state index is -1.10. The molecule has 1 unspecified atom stereocenters. The number of nitrogens with zero attached hydrogens (tertiary/aromatic N) is 7. The van der Waals surface area contributed by atoms with Gasteiger partial charge < -0.3 is 5.32 Å². The van der Waals surface area contributed by atoms with Crippen molar-refractivity contribution in [2.45, 2.75) is 5.79 Å². The molecule has 0 spiro atoms. The number of hydrogen-bond donors (Lipinski definition) is 1. The third-order valence-corrected chi connectivity index (χ3v) is 3.43. The molecule has 9 heteroatoms. The van der Waals surface area contributed by atoms with Gasteiger partial charge in [-0.15, -0.1) is 0 Å². The van der Waals surface area contributed by atoms with Crippen molar-refractivity contribution < 1.29 is 0 Å². The summed E-state index contributed by atoms with van der Waals surface area (Å²) >= 11 is 6.06. The van der Waals surface area contributed by atoms with Gasteiger partial charge in [-0.2, -0.15) is 5.10 Å². The number of fused-ring (bicyclic) bond motifs is 1. The summed E-state index contributed by atoms with van der Waals surface area (Å²) in [4.78, 5) is 21.1. The second kappa shape index (κ2) is 4.85. The number of anilines is 1. The molecule has 0 radical (unpaired) electrons. The van der Waals surface area contributed by atoms with Crippen molar-refractivity contribution in [2.75, 3.05) is 5.32 Å². The molecule has 2 aliphatic rings. The summed E-state index contributed by atoms with van der Waals surface area (Å²) in [6.07, 6.45) is 6.26. The predicted octanol–water partition coefficient (Wildman–Crippen LogP) is 1.50. The monoisotopic (exact) mass is 312 g/mol. The zero-order valence-corrected chi connectivity index (χ0v) is 11.9. The molecular weight excluding hydrogens is 304 g/mol. The lowest BCUT2D eigenvalue weighted by Crippen LogP contribution is -2.45. The number of aromatic nitrogens is 3. The molecule has 108 valence electrons. The molecule has 2 aliphatic heterocycles. The smallest absolute Gasteiger partial charge is 0.277 e. The molecule has 8 nitrogen and oxygen atoms in total. The number of halogens is 1. The van der Waals surface area contributed by atoms with Gasteiger partial charge in [-0.25, -0.2) is 29.6 Å². The Morgan fingerprint density at radius 1 is 1.09 bits per heavy atom. The molecule has 2 aromatic rings. The van der Waals surface area contributed by atoms with E-state index < -0.39 is 5.79 Å². The summed E-state index contributed by atoms with van der Waals surface area (Å²) in [7, 11) is 0. The Bertz CT molecular complexity index is 835. The molecule has 0 saturated heterocycles. The Hall–Kier alpha value is -2.87. The fourth-order valence-corrected chi connectivity index (χ4v) is 2.39. The maximum absolute atomic E-state index is 6.06. The molecule has 1 N–H and O–H groups in total. The number of hydrogen-bond acceptors (Lipinski definition) is 7. The molecule has 0 saturated carbocycles. The van der Waals surface area contributed by atoms with Crippen molar-refractivity contribution in [1.29, 1.82) is 0 Å². The van der Waals surface area contributed by atoms with Crippen LogP contribution >= 0.6 is 11.6 Å². The molecule has 0 amide bonds. The van der Waals surface area contributed by atoms with Crippen molar-refractivity contribution in [3.63, 3.8) is 0 Å². The highest BCUT2D eigenvalue weighted by molar-refractivity contribution is 6.86. The Morgan fingerprint density at radius 2 is 1.95 bits per heavy atom.